The van der Waals surface area contributed by atoms with Crippen LogP contribution in [0.1, 0.15) is 23.0 Å². The molecule has 2 rings (SSSR count). The first kappa shape index (κ1) is 12.4. The first-order valence-corrected chi connectivity index (χ1v) is 5.58. The molecule has 0 amide bonds. The number of rotatable bonds is 3. The zero-order valence-corrected chi connectivity index (χ0v) is 10.5. The van der Waals surface area contributed by atoms with E-state index >= 15 is 0 Å². The molecule has 2 aromatic rings. The van der Waals surface area contributed by atoms with Gasteiger partial charge in [-0.3, -0.25) is 0 Å². The van der Waals surface area contributed by atoms with Crippen molar-refractivity contribution in [2.45, 2.75) is 13.3 Å². The SMILES string of the molecule is CCc1c(C(=O)OC)[nH]c2cc(F)c(OC)cc12. The van der Waals surface area contributed by atoms with E-state index in [-0.39, 0.29) is 5.75 Å². The lowest BCUT2D eigenvalue weighted by Crippen LogP contribution is -2.04. The molecule has 5 heteroatoms. The van der Waals surface area contributed by atoms with Gasteiger partial charge in [0.2, 0.25) is 0 Å². The second kappa shape index (κ2) is 4.68. The highest BCUT2D eigenvalue weighted by Gasteiger charge is 2.18. The normalized spacial score (nSPS) is 10.7. The van der Waals surface area contributed by atoms with Crippen LogP contribution in [-0.2, 0) is 11.2 Å². The Morgan fingerprint density at radius 3 is 2.67 bits per heavy atom. The van der Waals surface area contributed by atoms with Crippen molar-refractivity contribution in [2.75, 3.05) is 14.2 Å². The summed E-state index contributed by atoms with van der Waals surface area (Å²) < 4.78 is 23.2. The average Bonchev–Trinajstić information content (AvgIpc) is 2.73. The molecule has 0 atom stereocenters. The van der Waals surface area contributed by atoms with Gasteiger partial charge in [-0.05, 0) is 18.1 Å². The first-order valence-electron chi connectivity index (χ1n) is 5.58. The van der Waals surface area contributed by atoms with Crippen molar-refractivity contribution >= 4 is 16.9 Å². The summed E-state index contributed by atoms with van der Waals surface area (Å²) in [4.78, 5) is 14.5. The second-order valence-corrected chi connectivity index (χ2v) is 3.86. The van der Waals surface area contributed by atoms with Crippen molar-refractivity contribution in [3.8, 4) is 5.75 Å². The zero-order chi connectivity index (χ0) is 13.3. The van der Waals surface area contributed by atoms with Gasteiger partial charge in [-0.1, -0.05) is 6.92 Å². The highest BCUT2D eigenvalue weighted by Crippen LogP contribution is 2.29. The minimum absolute atomic E-state index is 0.160. The van der Waals surface area contributed by atoms with E-state index in [9.17, 15) is 9.18 Å². The summed E-state index contributed by atoms with van der Waals surface area (Å²) in [7, 11) is 2.72. The van der Waals surface area contributed by atoms with E-state index in [0.717, 1.165) is 10.9 Å². The number of benzene rings is 1. The average molecular weight is 251 g/mol. The number of hydrogen-bond donors (Lipinski definition) is 1. The van der Waals surface area contributed by atoms with Gasteiger partial charge in [0.15, 0.2) is 11.6 Å². The minimum atomic E-state index is -0.467. The molecule has 18 heavy (non-hydrogen) atoms. The Kier molecular flexibility index (Phi) is 3.23. The third-order valence-electron chi connectivity index (χ3n) is 2.92. The molecule has 96 valence electrons. The standard InChI is InChI=1S/C13H14FNO3/c1-4-7-8-5-11(17-2)9(14)6-10(8)15-12(7)13(16)18-3/h5-6,15H,4H2,1-3H3. The molecule has 0 fully saturated rings. The molecule has 0 aliphatic rings. The summed E-state index contributed by atoms with van der Waals surface area (Å²) in [6.45, 7) is 1.92. The predicted octanol–water partition coefficient (Wildman–Crippen LogP) is 2.66. The fourth-order valence-electron chi connectivity index (χ4n) is 2.05. The zero-order valence-electron chi connectivity index (χ0n) is 10.5. The van der Waals surface area contributed by atoms with Crippen molar-refractivity contribution in [3.05, 3.63) is 29.2 Å². The number of ether oxygens (including phenoxy) is 2. The maximum absolute atomic E-state index is 13.6. The molecule has 0 saturated heterocycles. The fraction of sp³-hybridized carbons (Fsp3) is 0.308. The molecular weight excluding hydrogens is 237 g/mol. The number of halogens is 1. The number of aryl methyl sites for hydroxylation is 1. The molecule has 0 spiro atoms. The van der Waals surface area contributed by atoms with Crippen LogP contribution in [0.15, 0.2) is 12.1 Å². The van der Waals surface area contributed by atoms with Crippen LogP contribution in [0.5, 0.6) is 5.75 Å². The van der Waals surface area contributed by atoms with Crippen LogP contribution >= 0.6 is 0 Å². The maximum atomic E-state index is 13.6. The monoisotopic (exact) mass is 251 g/mol. The molecule has 0 unspecified atom stereocenters. The van der Waals surface area contributed by atoms with E-state index in [2.05, 4.69) is 4.98 Å². The number of carbonyl (C=O) groups is 1. The molecule has 0 radical (unpaired) electrons. The molecule has 1 aromatic heterocycles. The van der Waals surface area contributed by atoms with E-state index in [1.165, 1.54) is 20.3 Å². The molecule has 1 aromatic carbocycles. The quantitative estimate of drug-likeness (QED) is 0.853. The number of aromatic nitrogens is 1. The van der Waals surface area contributed by atoms with Crippen LogP contribution in [0, 0.1) is 5.82 Å². The topological polar surface area (TPSA) is 51.3 Å². The van der Waals surface area contributed by atoms with Crippen LogP contribution < -0.4 is 4.74 Å². The Morgan fingerprint density at radius 1 is 1.39 bits per heavy atom. The number of carbonyl (C=O) groups excluding carboxylic acids is 1. The highest BCUT2D eigenvalue weighted by molar-refractivity contribution is 5.98. The molecule has 0 aliphatic heterocycles. The van der Waals surface area contributed by atoms with E-state index in [0.29, 0.717) is 17.6 Å². The van der Waals surface area contributed by atoms with Gasteiger partial charge in [0.1, 0.15) is 5.69 Å². The van der Waals surface area contributed by atoms with Crippen molar-refractivity contribution in [3.63, 3.8) is 0 Å². The van der Waals surface area contributed by atoms with Gasteiger partial charge < -0.3 is 14.5 Å². The summed E-state index contributed by atoms with van der Waals surface area (Å²) in [5, 5.41) is 0.774. The van der Waals surface area contributed by atoms with Crippen molar-refractivity contribution in [1.82, 2.24) is 4.98 Å². The van der Waals surface area contributed by atoms with Crippen LogP contribution in [0.3, 0.4) is 0 Å². The molecule has 1 N–H and O–H groups in total. The number of nitrogens with one attached hydrogen (secondary N) is 1. The fourth-order valence-corrected chi connectivity index (χ4v) is 2.05. The largest absolute Gasteiger partial charge is 0.494 e. The van der Waals surface area contributed by atoms with Crippen LogP contribution in [0.4, 0.5) is 4.39 Å². The summed E-state index contributed by atoms with van der Waals surface area (Å²) >= 11 is 0. The molecule has 1 heterocycles. The lowest BCUT2D eigenvalue weighted by atomic mass is 10.1. The van der Waals surface area contributed by atoms with Gasteiger partial charge >= 0.3 is 5.97 Å². The molecular formula is C13H14FNO3. The van der Waals surface area contributed by atoms with Gasteiger partial charge in [0.25, 0.3) is 0 Å². The number of H-pyrrole nitrogens is 1. The molecule has 4 nitrogen and oxygen atoms in total. The summed E-state index contributed by atoms with van der Waals surface area (Å²) in [5.74, 6) is -0.764. The lowest BCUT2D eigenvalue weighted by Gasteiger charge is -2.02. The smallest absolute Gasteiger partial charge is 0.354 e. The summed E-state index contributed by atoms with van der Waals surface area (Å²) in [6, 6.07) is 2.91. The van der Waals surface area contributed by atoms with Crippen LogP contribution in [0.25, 0.3) is 10.9 Å². The van der Waals surface area contributed by atoms with Crippen LogP contribution in [-0.4, -0.2) is 25.2 Å². The third-order valence-corrected chi connectivity index (χ3v) is 2.92. The second-order valence-electron chi connectivity index (χ2n) is 3.86. The number of esters is 1. The minimum Gasteiger partial charge on any atom is -0.494 e. The van der Waals surface area contributed by atoms with E-state index in [1.54, 1.807) is 6.07 Å². The Bertz CT molecular complexity index is 604. The number of fused-ring (bicyclic) bond motifs is 1. The molecule has 0 bridgehead atoms. The van der Waals surface area contributed by atoms with Gasteiger partial charge in [0, 0.05) is 17.0 Å². The van der Waals surface area contributed by atoms with Gasteiger partial charge in [0.05, 0.1) is 14.2 Å². The van der Waals surface area contributed by atoms with Crippen molar-refractivity contribution in [1.29, 1.82) is 0 Å². The third kappa shape index (κ3) is 1.81. The number of methoxy groups -OCH3 is 2. The van der Waals surface area contributed by atoms with Crippen molar-refractivity contribution in [2.24, 2.45) is 0 Å². The first-order chi connectivity index (χ1) is 8.62. The summed E-state index contributed by atoms with van der Waals surface area (Å²) in [5.41, 5.74) is 1.73. The van der Waals surface area contributed by atoms with Gasteiger partial charge in [-0.15, -0.1) is 0 Å². The summed E-state index contributed by atoms with van der Waals surface area (Å²) in [6.07, 6.45) is 0.638. The maximum Gasteiger partial charge on any atom is 0.354 e. The molecule has 0 saturated carbocycles. The number of hydrogen-bond acceptors (Lipinski definition) is 3. The number of aromatic amines is 1. The van der Waals surface area contributed by atoms with Crippen LogP contribution in [0.2, 0.25) is 0 Å². The molecule has 0 aliphatic carbocycles. The Hall–Kier alpha value is -2.04. The highest BCUT2D eigenvalue weighted by atomic mass is 19.1. The lowest BCUT2D eigenvalue weighted by molar-refractivity contribution is 0.0594. The van der Waals surface area contributed by atoms with Gasteiger partial charge in [-0.25, -0.2) is 9.18 Å². The van der Waals surface area contributed by atoms with E-state index in [1.807, 2.05) is 6.92 Å². The Balaban J connectivity index is 2.73. The Morgan fingerprint density at radius 2 is 2.11 bits per heavy atom. The Labute approximate surface area is 104 Å². The van der Waals surface area contributed by atoms with Gasteiger partial charge in [-0.2, -0.15) is 0 Å². The van der Waals surface area contributed by atoms with E-state index in [4.69, 9.17) is 9.47 Å². The van der Waals surface area contributed by atoms with E-state index < -0.39 is 11.8 Å². The predicted molar refractivity (Wildman–Crippen MR) is 65.5 cm³/mol. The van der Waals surface area contributed by atoms with Crippen molar-refractivity contribution < 1.29 is 18.7 Å².